The Bertz CT molecular complexity index is 447. The second kappa shape index (κ2) is 7.27. The molecule has 0 unspecified atom stereocenters. The predicted molar refractivity (Wildman–Crippen MR) is 83.5 cm³/mol. The van der Waals surface area contributed by atoms with E-state index in [0.29, 0.717) is 35.7 Å². The monoisotopic (exact) mass is 277 g/mol. The smallest absolute Gasteiger partial charge is 0.251 e. The van der Waals surface area contributed by atoms with Gasteiger partial charge in [0, 0.05) is 17.8 Å². The van der Waals surface area contributed by atoms with Crippen molar-refractivity contribution in [1.29, 1.82) is 0 Å². The zero-order chi connectivity index (χ0) is 15.3. The van der Waals surface area contributed by atoms with E-state index in [9.17, 15) is 4.79 Å². The highest BCUT2D eigenvalue weighted by molar-refractivity contribution is 5.94. The molecule has 0 bridgehead atoms. The van der Waals surface area contributed by atoms with Crippen molar-refractivity contribution in [3.8, 4) is 0 Å². The van der Waals surface area contributed by atoms with Gasteiger partial charge in [-0.25, -0.2) is 4.98 Å². The maximum atomic E-state index is 12.2. The van der Waals surface area contributed by atoms with Crippen LogP contribution in [0.25, 0.3) is 0 Å². The normalized spacial score (nSPS) is 11.4. The molecule has 4 nitrogen and oxygen atoms in total. The quantitative estimate of drug-likeness (QED) is 0.840. The Labute approximate surface area is 122 Å². The molecule has 0 saturated heterocycles. The molecule has 4 heteroatoms. The second-order valence-electron chi connectivity index (χ2n) is 5.99. The molecular weight excluding hydrogens is 250 g/mol. The number of nitrogens with one attached hydrogen (secondary N) is 1. The highest BCUT2D eigenvalue weighted by Crippen LogP contribution is 2.19. The molecule has 0 aromatic carbocycles. The van der Waals surface area contributed by atoms with Crippen LogP contribution < -0.4 is 11.1 Å². The average Bonchev–Trinajstić information content (AvgIpc) is 2.37. The number of nitrogens with two attached hydrogens (primary N) is 1. The van der Waals surface area contributed by atoms with Gasteiger partial charge in [-0.3, -0.25) is 4.79 Å². The van der Waals surface area contributed by atoms with E-state index in [2.05, 4.69) is 38.0 Å². The average molecular weight is 277 g/mol. The molecule has 0 aliphatic carbocycles. The van der Waals surface area contributed by atoms with Crippen LogP contribution in [0.4, 0.5) is 5.82 Å². The maximum Gasteiger partial charge on any atom is 0.251 e. The molecule has 0 spiro atoms. The zero-order valence-electron chi connectivity index (χ0n) is 13.2. The lowest BCUT2D eigenvalue weighted by Crippen LogP contribution is -2.34. The SMILES string of the molecule is CCc1cc(C(=O)NCC(C(C)C)C(C)C)cc(N)n1. The highest BCUT2D eigenvalue weighted by Gasteiger charge is 2.18. The summed E-state index contributed by atoms with van der Waals surface area (Å²) in [4.78, 5) is 16.4. The fourth-order valence-corrected chi connectivity index (χ4v) is 2.48. The highest BCUT2D eigenvalue weighted by atomic mass is 16.1. The number of rotatable bonds is 6. The Morgan fingerprint density at radius 3 is 2.35 bits per heavy atom. The van der Waals surface area contributed by atoms with Crippen LogP contribution in [-0.2, 0) is 6.42 Å². The van der Waals surface area contributed by atoms with Crippen LogP contribution in [0.1, 0.15) is 50.7 Å². The van der Waals surface area contributed by atoms with Gasteiger partial charge in [0.25, 0.3) is 5.91 Å². The topological polar surface area (TPSA) is 68.0 Å². The summed E-state index contributed by atoms with van der Waals surface area (Å²) < 4.78 is 0. The number of aryl methyl sites for hydroxylation is 1. The number of amides is 1. The molecule has 0 atom stereocenters. The minimum atomic E-state index is -0.0694. The van der Waals surface area contributed by atoms with Crippen molar-refractivity contribution in [1.82, 2.24) is 10.3 Å². The lowest BCUT2D eigenvalue weighted by Gasteiger charge is -2.25. The van der Waals surface area contributed by atoms with Crippen molar-refractivity contribution in [3.05, 3.63) is 23.4 Å². The minimum absolute atomic E-state index is 0.0694. The molecule has 1 aromatic rings. The van der Waals surface area contributed by atoms with Gasteiger partial charge in [0.15, 0.2) is 0 Å². The second-order valence-corrected chi connectivity index (χ2v) is 5.99. The Balaban J connectivity index is 2.74. The van der Waals surface area contributed by atoms with Crippen LogP contribution in [0.15, 0.2) is 12.1 Å². The Morgan fingerprint density at radius 2 is 1.85 bits per heavy atom. The van der Waals surface area contributed by atoms with E-state index < -0.39 is 0 Å². The number of aromatic nitrogens is 1. The molecular formula is C16H27N3O. The summed E-state index contributed by atoms with van der Waals surface area (Å²) in [5.74, 6) is 1.90. The Hall–Kier alpha value is -1.58. The molecule has 0 fully saturated rings. The van der Waals surface area contributed by atoms with Gasteiger partial charge in [0.1, 0.15) is 5.82 Å². The van der Waals surface area contributed by atoms with Gasteiger partial charge < -0.3 is 11.1 Å². The fraction of sp³-hybridized carbons (Fsp3) is 0.625. The predicted octanol–water partition coefficient (Wildman–Crippen LogP) is 2.88. The summed E-state index contributed by atoms with van der Waals surface area (Å²) in [5.41, 5.74) is 7.18. The van der Waals surface area contributed by atoms with Crippen molar-refractivity contribution in [3.63, 3.8) is 0 Å². The molecule has 3 N–H and O–H groups in total. The third kappa shape index (κ3) is 4.51. The van der Waals surface area contributed by atoms with Gasteiger partial charge in [-0.2, -0.15) is 0 Å². The summed E-state index contributed by atoms with van der Waals surface area (Å²) in [6, 6.07) is 3.44. The van der Waals surface area contributed by atoms with Crippen LogP contribution in [-0.4, -0.2) is 17.4 Å². The molecule has 0 saturated carbocycles. The van der Waals surface area contributed by atoms with Gasteiger partial charge >= 0.3 is 0 Å². The zero-order valence-corrected chi connectivity index (χ0v) is 13.2. The largest absolute Gasteiger partial charge is 0.384 e. The van der Waals surface area contributed by atoms with Crippen molar-refractivity contribution in [2.45, 2.75) is 41.0 Å². The van der Waals surface area contributed by atoms with E-state index in [0.717, 1.165) is 12.1 Å². The Morgan fingerprint density at radius 1 is 1.25 bits per heavy atom. The third-order valence-corrected chi connectivity index (χ3v) is 3.73. The van der Waals surface area contributed by atoms with Crippen LogP contribution in [0, 0.1) is 17.8 Å². The molecule has 112 valence electrons. The number of nitrogen functional groups attached to an aromatic ring is 1. The van der Waals surface area contributed by atoms with Gasteiger partial charge in [0.05, 0.1) is 0 Å². The maximum absolute atomic E-state index is 12.2. The van der Waals surface area contributed by atoms with E-state index >= 15 is 0 Å². The molecule has 1 amide bonds. The standard InChI is InChI=1S/C16H27N3O/c1-6-13-7-12(8-15(17)19-13)16(20)18-9-14(10(2)3)11(4)5/h7-8,10-11,14H,6,9H2,1-5H3,(H2,17,19)(H,18,20). The first-order chi connectivity index (χ1) is 9.35. The summed E-state index contributed by atoms with van der Waals surface area (Å²) >= 11 is 0. The minimum Gasteiger partial charge on any atom is -0.384 e. The Kier molecular flexibility index (Phi) is 5.99. The van der Waals surface area contributed by atoms with E-state index in [1.807, 2.05) is 13.0 Å². The number of hydrogen-bond donors (Lipinski definition) is 2. The number of anilines is 1. The van der Waals surface area contributed by atoms with Gasteiger partial charge in [0.2, 0.25) is 0 Å². The van der Waals surface area contributed by atoms with Gasteiger partial charge in [-0.05, 0) is 36.3 Å². The van der Waals surface area contributed by atoms with E-state index in [1.54, 1.807) is 6.07 Å². The summed E-state index contributed by atoms with van der Waals surface area (Å²) in [5, 5.41) is 3.02. The van der Waals surface area contributed by atoms with Crippen LogP contribution in [0.5, 0.6) is 0 Å². The van der Waals surface area contributed by atoms with E-state index in [1.165, 1.54) is 0 Å². The van der Waals surface area contributed by atoms with Crippen molar-refractivity contribution in [2.24, 2.45) is 17.8 Å². The summed E-state index contributed by atoms with van der Waals surface area (Å²) in [6.07, 6.45) is 0.770. The number of carbonyl (C=O) groups excluding carboxylic acids is 1. The van der Waals surface area contributed by atoms with Crippen molar-refractivity contribution in [2.75, 3.05) is 12.3 Å². The number of nitrogens with zero attached hydrogens (tertiary/aromatic N) is 1. The number of carbonyl (C=O) groups is 1. The molecule has 1 aromatic heterocycles. The first-order valence-electron chi connectivity index (χ1n) is 7.39. The fourth-order valence-electron chi connectivity index (χ4n) is 2.48. The van der Waals surface area contributed by atoms with Crippen LogP contribution in [0.2, 0.25) is 0 Å². The van der Waals surface area contributed by atoms with E-state index in [4.69, 9.17) is 5.73 Å². The first kappa shape index (κ1) is 16.5. The van der Waals surface area contributed by atoms with E-state index in [-0.39, 0.29) is 5.91 Å². The number of hydrogen-bond acceptors (Lipinski definition) is 3. The molecule has 1 rings (SSSR count). The van der Waals surface area contributed by atoms with Gasteiger partial charge in [-0.1, -0.05) is 34.6 Å². The number of pyridine rings is 1. The molecule has 0 aliphatic heterocycles. The van der Waals surface area contributed by atoms with Gasteiger partial charge in [-0.15, -0.1) is 0 Å². The summed E-state index contributed by atoms with van der Waals surface area (Å²) in [6.45, 7) is 11.5. The van der Waals surface area contributed by atoms with Crippen molar-refractivity contribution >= 4 is 11.7 Å². The van der Waals surface area contributed by atoms with Crippen LogP contribution in [0.3, 0.4) is 0 Å². The molecule has 0 aliphatic rings. The lowest BCUT2D eigenvalue weighted by molar-refractivity contribution is 0.0937. The molecule has 1 heterocycles. The molecule has 0 radical (unpaired) electrons. The molecule has 20 heavy (non-hydrogen) atoms. The van der Waals surface area contributed by atoms with Crippen LogP contribution >= 0.6 is 0 Å². The van der Waals surface area contributed by atoms with Crippen molar-refractivity contribution < 1.29 is 4.79 Å². The first-order valence-corrected chi connectivity index (χ1v) is 7.39. The summed E-state index contributed by atoms with van der Waals surface area (Å²) in [7, 11) is 0. The lowest BCUT2D eigenvalue weighted by atomic mass is 9.85. The third-order valence-electron chi connectivity index (χ3n) is 3.73.